The Kier molecular flexibility index (Phi) is 2.22. The maximum Gasteiger partial charge on any atom is 0.145 e. The Hall–Kier alpha value is -1.78. The summed E-state index contributed by atoms with van der Waals surface area (Å²) in [7, 11) is 1.94. The monoisotopic (exact) mass is 205 g/mol. The molecule has 0 aliphatic carbocycles. The summed E-state index contributed by atoms with van der Waals surface area (Å²) < 4.78 is 3.75. The summed E-state index contributed by atoms with van der Waals surface area (Å²) in [6, 6.07) is 3.92. The maximum absolute atomic E-state index is 5.62. The molecule has 2 heterocycles. The highest BCUT2D eigenvalue weighted by atomic mass is 15.3. The van der Waals surface area contributed by atoms with Gasteiger partial charge in [0.1, 0.15) is 5.82 Å². The molecule has 5 nitrogen and oxygen atoms in total. The first-order chi connectivity index (χ1) is 7.06. The number of hydrogen-bond donors (Lipinski definition) is 1. The fourth-order valence-corrected chi connectivity index (χ4v) is 1.66. The second-order valence-corrected chi connectivity index (χ2v) is 3.77. The minimum atomic E-state index is 0.561. The lowest BCUT2D eigenvalue weighted by molar-refractivity contribution is 0.608. The van der Waals surface area contributed by atoms with Gasteiger partial charge in [0.2, 0.25) is 0 Å². The summed E-state index contributed by atoms with van der Waals surface area (Å²) in [6.45, 7) is 4.68. The molecule has 2 aromatic rings. The van der Waals surface area contributed by atoms with Crippen LogP contribution in [0.3, 0.4) is 0 Å². The van der Waals surface area contributed by atoms with Gasteiger partial charge in [0, 0.05) is 18.8 Å². The minimum Gasteiger partial charge on any atom is -0.382 e. The summed E-state index contributed by atoms with van der Waals surface area (Å²) in [4.78, 5) is 0. The fraction of sp³-hybridized carbons (Fsp3) is 0.400. The van der Waals surface area contributed by atoms with E-state index in [1.54, 1.807) is 0 Å². The summed E-state index contributed by atoms with van der Waals surface area (Å²) in [5.41, 5.74) is 8.83. The third-order valence-electron chi connectivity index (χ3n) is 2.41. The van der Waals surface area contributed by atoms with Crippen molar-refractivity contribution in [1.82, 2.24) is 19.6 Å². The molecule has 15 heavy (non-hydrogen) atoms. The zero-order chi connectivity index (χ0) is 11.0. The van der Waals surface area contributed by atoms with Gasteiger partial charge in [0.25, 0.3) is 0 Å². The van der Waals surface area contributed by atoms with Crippen LogP contribution in [0.4, 0.5) is 5.82 Å². The van der Waals surface area contributed by atoms with Crippen molar-refractivity contribution in [3.05, 3.63) is 29.2 Å². The highest BCUT2D eigenvalue weighted by Gasteiger charge is 2.06. The predicted molar refractivity (Wildman–Crippen MR) is 58.4 cm³/mol. The zero-order valence-electron chi connectivity index (χ0n) is 9.23. The summed E-state index contributed by atoms with van der Waals surface area (Å²) >= 11 is 0. The van der Waals surface area contributed by atoms with Crippen LogP contribution in [0.15, 0.2) is 12.1 Å². The first kappa shape index (κ1) is 9.76. The van der Waals surface area contributed by atoms with Crippen LogP contribution in [0.1, 0.15) is 17.1 Å². The quantitative estimate of drug-likeness (QED) is 0.791. The largest absolute Gasteiger partial charge is 0.382 e. The Balaban J connectivity index is 2.29. The number of aryl methyl sites for hydroxylation is 3. The third kappa shape index (κ3) is 1.86. The van der Waals surface area contributed by atoms with Crippen LogP contribution in [0.2, 0.25) is 0 Å². The van der Waals surface area contributed by atoms with Crippen molar-refractivity contribution in [3.63, 3.8) is 0 Å². The first-order valence-electron chi connectivity index (χ1n) is 4.85. The number of aromatic nitrogens is 4. The van der Waals surface area contributed by atoms with Crippen molar-refractivity contribution in [2.24, 2.45) is 7.05 Å². The van der Waals surface area contributed by atoms with Crippen molar-refractivity contribution in [2.45, 2.75) is 20.4 Å². The highest BCUT2D eigenvalue weighted by Crippen LogP contribution is 2.09. The molecule has 0 atom stereocenters. The standard InChI is InChI=1S/C10H15N5/c1-7-4-9(14(3)12-7)6-15-8(2)5-10(11)13-15/h4-5H,6H2,1-3H3,(H2,11,13). The molecule has 0 saturated carbocycles. The van der Waals surface area contributed by atoms with E-state index in [1.165, 1.54) is 0 Å². The number of anilines is 1. The van der Waals surface area contributed by atoms with Crippen LogP contribution in [0.25, 0.3) is 0 Å². The van der Waals surface area contributed by atoms with Gasteiger partial charge in [0.05, 0.1) is 17.9 Å². The van der Waals surface area contributed by atoms with E-state index in [1.807, 2.05) is 36.3 Å². The molecule has 0 aliphatic heterocycles. The molecule has 80 valence electrons. The molecule has 5 heteroatoms. The molecule has 2 rings (SSSR count). The van der Waals surface area contributed by atoms with Gasteiger partial charge in [-0.1, -0.05) is 0 Å². The molecule has 0 aliphatic rings. The van der Waals surface area contributed by atoms with Crippen molar-refractivity contribution in [2.75, 3.05) is 5.73 Å². The first-order valence-corrected chi connectivity index (χ1v) is 4.85. The van der Waals surface area contributed by atoms with Gasteiger partial charge in [0.15, 0.2) is 0 Å². The zero-order valence-corrected chi connectivity index (χ0v) is 9.23. The van der Waals surface area contributed by atoms with Gasteiger partial charge in [-0.2, -0.15) is 10.2 Å². The topological polar surface area (TPSA) is 61.7 Å². The van der Waals surface area contributed by atoms with Crippen LogP contribution in [-0.2, 0) is 13.6 Å². The lowest BCUT2D eigenvalue weighted by atomic mass is 10.3. The van der Waals surface area contributed by atoms with E-state index in [-0.39, 0.29) is 0 Å². The van der Waals surface area contributed by atoms with Crippen LogP contribution < -0.4 is 5.73 Å². The number of rotatable bonds is 2. The molecule has 0 bridgehead atoms. The molecule has 0 fully saturated rings. The Morgan fingerprint density at radius 2 is 2.00 bits per heavy atom. The Morgan fingerprint density at radius 3 is 2.47 bits per heavy atom. The average molecular weight is 205 g/mol. The van der Waals surface area contributed by atoms with E-state index in [9.17, 15) is 0 Å². The molecular formula is C10H15N5. The Morgan fingerprint density at radius 1 is 1.27 bits per heavy atom. The number of hydrogen-bond acceptors (Lipinski definition) is 3. The normalized spacial score (nSPS) is 10.9. The molecule has 0 radical (unpaired) electrons. The lowest BCUT2D eigenvalue weighted by Gasteiger charge is -2.03. The second-order valence-electron chi connectivity index (χ2n) is 3.77. The fourth-order valence-electron chi connectivity index (χ4n) is 1.66. The van der Waals surface area contributed by atoms with Gasteiger partial charge >= 0.3 is 0 Å². The average Bonchev–Trinajstić information content (AvgIpc) is 2.58. The summed E-state index contributed by atoms with van der Waals surface area (Å²) in [5, 5.41) is 8.50. The molecule has 0 saturated heterocycles. The van der Waals surface area contributed by atoms with Crippen LogP contribution in [0.5, 0.6) is 0 Å². The van der Waals surface area contributed by atoms with Crippen LogP contribution >= 0.6 is 0 Å². The lowest BCUT2D eigenvalue weighted by Crippen LogP contribution is -2.08. The van der Waals surface area contributed by atoms with E-state index in [0.29, 0.717) is 12.4 Å². The number of nitrogen functional groups attached to an aromatic ring is 1. The maximum atomic E-state index is 5.62. The molecule has 2 N–H and O–H groups in total. The van der Waals surface area contributed by atoms with E-state index in [2.05, 4.69) is 16.3 Å². The van der Waals surface area contributed by atoms with Gasteiger partial charge in [-0.15, -0.1) is 0 Å². The molecule has 0 aromatic carbocycles. The van der Waals surface area contributed by atoms with E-state index in [0.717, 1.165) is 17.1 Å². The second kappa shape index (κ2) is 3.42. The third-order valence-corrected chi connectivity index (χ3v) is 2.41. The van der Waals surface area contributed by atoms with Crippen molar-refractivity contribution >= 4 is 5.82 Å². The Bertz CT molecular complexity index is 436. The van der Waals surface area contributed by atoms with Gasteiger partial charge in [-0.3, -0.25) is 9.36 Å². The number of nitrogens with two attached hydrogens (primary N) is 1. The molecule has 0 amide bonds. The SMILES string of the molecule is Cc1cc(Cn2nc(N)cc2C)n(C)n1. The molecule has 2 aromatic heterocycles. The molecule has 0 spiro atoms. The van der Waals surface area contributed by atoms with Gasteiger partial charge in [-0.25, -0.2) is 0 Å². The summed E-state index contributed by atoms with van der Waals surface area (Å²) in [5.74, 6) is 0.561. The Labute approximate surface area is 88.5 Å². The number of nitrogens with zero attached hydrogens (tertiary/aromatic N) is 4. The minimum absolute atomic E-state index is 0.561. The van der Waals surface area contributed by atoms with E-state index >= 15 is 0 Å². The van der Waals surface area contributed by atoms with Crippen molar-refractivity contribution in [1.29, 1.82) is 0 Å². The predicted octanol–water partition coefficient (Wildman–Crippen LogP) is 0.864. The van der Waals surface area contributed by atoms with Gasteiger partial charge in [-0.05, 0) is 19.9 Å². The van der Waals surface area contributed by atoms with E-state index in [4.69, 9.17) is 5.73 Å². The van der Waals surface area contributed by atoms with Crippen LogP contribution in [-0.4, -0.2) is 19.6 Å². The highest BCUT2D eigenvalue weighted by molar-refractivity contribution is 5.29. The smallest absolute Gasteiger partial charge is 0.145 e. The summed E-state index contributed by atoms with van der Waals surface area (Å²) in [6.07, 6.45) is 0. The van der Waals surface area contributed by atoms with Crippen LogP contribution in [0, 0.1) is 13.8 Å². The molecular weight excluding hydrogens is 190 g/mol. The van der Waals surface area contributed by atoms with Gasteiger partial charge < -0.3 is 5.73 Å². The van der Waals surface area contributed by atoms with Crippen molar-refractivity contribution in [3.8, 4) is 0 Å². The van der Waals surface area contributed by atoms with E-state index < -0.39 is 0 Å². The van der Waals surface area contributed by atoms with Crippen molar-refractivity contribution < 1.29 is 0 Å². The molecule has 0 unspecified atom stereocenters.